The molecular weight excluding hydrogens is 218 g/mol. The second kappa shape index (κ2) is 5.70. The zero-order valence-electron chi connectivity index (χ0n) is 7.98. The highest BCUT2D eigenvalue weighted by atomic mass is 35.5. The summed E-state index contributed by atoms with van der Waals surface area (Å²) in [7, 11) is 0. The average Bonchev–Trinajstić information content (AvgIpc) is 2.21. The monoisotopic (exact) mass is 229 g/mol. The summed E-state index contributed by atoms with van der Waals surface area (Å²) in [6.45, 7) is -0.0440. The highest BCUT2D eigenvalue weighted by molar-refractivity contribution is 6.30. The molecule has 0 fully saturated rings. The lowest BCUT2D eigenvalue weighted by Gasteiger charge is -2.11. The molecule has 0 radical (unpaired) electrons. The molecule has 1 aromatic rings. The van der Waals surface area contributed by atoms with E-state index < -0.39 is 18.6 Å². The van der Waals surface area contributed by atoms with E-state index in [2.05, 4.69) is 5.32 Å². The molecule has 3 N–H and O–H groups in total. The molecule has 82 valence electrons. The fourth-order valence-corrected chi connectivity index (χ4v) is 1.20. The first-order valence-electron chi connectivity index (χ1n) is 4.45. The van der Waals surface area contributed by atoms with Gasteiger partial charge in [0.05, 0.1) is 6.61 Å². The van der Waals surface area contributed by atoms with Gasteiger partial charge in [0.1, 0.15) is 6.04 Å². The van der Waals surface area contributed by atoms with Crippen LogP contribution in [-0.2, 0) is 11.3 Å². The van der Waals surface area contributed by atoms with Crippen molar-refractivity contribution in [2.75, 3.05) is 6.61 Å². The van der Waals surface area contributed by atoms with E-state index >= 15 is 0 Å². The van der Waals surface area contributed by atoms with E-state index in [-0.39, 0.29) is 0 Å². The van der Waals surface area contributed by atoms with E-state index in [1.165, 1.54) is 0 Å². The zero-order valence-corrected chi connectivity index (χ0v) is 8.74. The van der Waals surface area contributed by atoms with Gasteiger partial charge in [0.25, 0.3) is 0 Å². The van der Waals surface area contributed by atoms with Gasteiger partial charge in [0, 0.05) is 11.6 Å². The lowest BCUT2D eigenvalue weighted by Crippen LogP contribution is -2.39. The lowest BCUT2D eigenvalue weighted by atomic mass is 10.2. The number of carbonyl (C=O) groups is 1. The number of halogens is 1. The van der Waals surface area contributed by atoms with Crippen molar-refractivity contribution < 1.29 is 15.0 Å². The van der Waals surface area contributed by atoms with Crippen molar-refractivity contribution in [3.63, 3.8) is 0 Å². The summed E-state index contributed by atoms with van der Waals surface area (Å²) in [6, 6.07) is 6.12. The molecule has 0 spiro atoms. The summed E-state index contributed by atoms with van der Waals surface area (Å²) in [5.41, 5.74) is 0.916. The molecule has 1 rings (SSSR count). The lowest BCUT2D eigenvalue weighted by molar-refractivity contribution is -0.140. The van der Waals surface area contributed by atoms with Crippen LogP contribution in [-0.4, -0.2) is 28.8 Å². The first-order valence-corrected chi connectivity index (χ1v) is 4.82. The van der Waals surface area contributed by atoms with Crippen LogP contribution in [0.25, 0.3) is 0 Å². The van der Waals surface area contributed by atoms with E-state index in [1.54, 1.807) is 24.3 Å². The molecular formula is C10H12ClNO3. The Hall–Kier alpha value is -1.10. The number of aliphatic hydroxyl groups is 1. The number of carboxylic acid groups (broad SMARTS) is 1. The number of hydrogen-bond acceptors (Lipinski definition) is 3. The molecule has 0 heterocycles. The van der Waals surface area contributed by atoms with Gasteiger partial charge in [-0.3, -0.25) is 10.1 Å². The van der Waals surface area contributed by atoms with Gasteiger partial charge in [-0.05, 0) is 17.7 Å². The van der Waals surface area contributed by atoms with Crippen molar-refractivity contribution in [2.45, 2.75) is 12.6 Å². The Labute approximate surface area is 92.5 Å². The van der Waals surface area contributed by atoms with Gasteiger partial charge in [-0.1, -0.05) is 23.7 Å². The number of aliphatic hydroxyl groups excluding tert-OH is 1. The Morgan fingerprint density at radius 2 is 2.00 bits per heavy atom. The number of rotatable bonds is 5. The molecule has 1 atom stereocenters. The maximum absolute atomic E-state index is 10.6. The number of carboxylic acids is 1. The van der Waals surface area contributed by atoms with Gasteiger partial charge in [-0.2, -0.15) is 0 Å². The largest absolute Gasteiger partial charge is 0.480 e. The normalized spacial score (nSPS) is 12.4. The standard InChI is InChI=1S/C10H12ClNO3/c11-8-3-1-7(2-4-8)5-12-9(6-13)10(14)15/h1-4,9,12-13H,5-6H2,(H,14,15)/t9-/m0/s1. The Kier molecular flexibility index (Phi) is 4.55. The Balaban J connectivity index is 2.49. The first-order chi connectivity index (χ1) is 7.13. The van der Waals surface area contributed by atoms with Crippen molar-refractivity contribution in [3.8, 4) is 0 Å². The summed E-state index contributed by atoms with van der Waals surface area (Å²) >= 11 is 5.70. The minimum absolute atomic E-state index is 0.384. The minimum Gasteiger partial charge on any atom is -0.480 e. The predicted molar refractivity (Wildman–Crippen MR) is 56.8 cm³/mol. The summed E-state index contributed by atoms with van der Waals surface area (Å²) in [5, 5.41) is 20.8. The number of nitrogens with one attached hydrogen (secondary N) is 1. The van der Waals surface area contributed by atoms with Crippen LogP contribution < -0.4 is 5.32 Å². The molecule has 0 aliphatic rings. The number of hydrogen-bond donors (Lipinski definition) is 3. The van der Waals surface area contributed by atoms with Gasteiger partial charge in [-0.25, -0.2) is 0 Å². The maximum Gasteiger partial charge on any atom is 0.323 e. The van der Waals surface area contributed by atoms with E-state index in [0.29, 0.717) is 11.6 Å². The Bertz CT molecular complexity index is 326. The van der Waals surface area contributed by atoms with Crippen LogP contribution in [0, 0.1) is 0 Å². The van der Waals surface area contributed by atoms with Crippen LogP contribution in [0.2, 0.25) is 5.02 Å². The van der Waals surface area contributed by atoms with Gasteiger partial charge in [-0.15, -0.1) is 0 Å². The van der Waals surface area contributed by atoms with Crippen LogP contribution in [0.5, 0.6) is 0 Å². The van der Waals surface area contributed by atoms with Crippen LogP contribution >= 0.6 is 11.6 Å². The second-order valence-corrected chi connectivity index (χ2v) is 3.52. The first kappa shape index (κ1) is 12.0. The van der Waals surface area contributed by atoms with Crippen molar-refractivity contribution >= 4 is 17.6 Å². The van der Waals surface area contributed by atoms with E-state index in [1.807, 2.05) is 0 Å². The molecule has 4 nitrogen and oxygen atoms in total. The van der Waals surface area contributed by atoms with Gasteiger partial charge < -0.3 is 10.2 Å². The van der Waals surface area contributed by atoms with Gasteiger partial charge in [0.15, 0.2) is 0 Å². The molecule has 0 amide bonds. The topological polar surface area (TPSA) is 69.6 Å². The molecule has 0 bridgehead atoms. The van der Waals surface area contributed by atoms with Crippen molar-refractivity contribution in [2.24, 2.45) is 0 Å². The van der Waals surface area contributed by atoms with Crippen molar-refractivity contribution in [1.29, 1.82) is 0 Å². The molecule has 15 heavy (non-hydrogen) atoms. The SMILES string of the molecule is O=C(O)[C@H](CO)NCc1ccc(Cl)cc1. The molecule has 0 saturated carbocycles. The number of benzene rings is 1. The zero-order chi connectivity index (χ0) is 11.3. The Morgan fingerprint density at radius 1 is 1.40 bits per heavy atom. The fourth-order valence-electron chi connectivity index (χ4n) is 1.07. The summed E-state index contributed by atoms with van der Waals surface area (Å²) in [6.07, 6.45) is 0. The van der Waals surface area contributed by atoms with Gasteiger partial charge >= 0.3 is 5.97 Å². The molecule has 1 aromatic carbocycles. The molecule has 5 heteroatoms. The molecule has 0 aliphatic heterocycles. The van der Waals surface area contributed by atoms with E-state index in [0.717, 1.165) is 5.56 Å². The second-order valence-electron chi connectivity index (χ2n) is 3.08. The molecule has 0 unspecified atom stereocenters. The summed E-state index contributed by atoms with van der Waals surface area (Å²) < 4.78 is 0. The van der Waals surface area contributed by atoms with E-state index in [4.69, 9.17) is 21.8 Å². The summed E-state index contributed by atoms with van der Waals surface area (Å²) in [4.78, 5) is 10.6. The quantitative estimate of drug-likeness (QED) is 0.701. The van der Waals surface area contributed by atoms with E-state index in [9.17, 15) is 4.79 Å². The predicted octanol–water partition coefficient (Wildman–Crippen LogP) is 0.875. The summed E-state index contributed by atoms with van der Waals surface area (Å²) in [5.74, 6) is -1.06. The Morgan fingerprint density at radius 3 is 2.47 bits per heavy atom. The molecule has 0 saturated heterocycles. The van der Waals surface area contributed by atoms with Crippen LogP contribution in [0.15, 0.2) is 24.3 Å². The van der Waals surface area contributed by atoms with Crippen molar-refractivity contribution in [1.82, 2.24) is 5.32 Å². The van der Waals surface area contributed by atoms with Crippen molar-refractivity contribution in [3.05, 3.63) is 34.9 Å². The minimum atomic E-state index is -1.06. The third-order valence-electron chi connectivity index (χ3n) is 1.95. The molecule has 0 aromatic heterocycles. The highest BCUT2D eigenvalue weighted by Gasteiger charge is 2.14. The highest BCUT2D eigenvalue weighted by Crippen LogP contribution is 2.09. The van der Waals surface area contributed by atoms with Crippen LogP contribution in [0.3, 0.4) is 0 Å². The van der Waals surface area contributed by atoms with Gasteiger partial charge in [0.2, 0.25) is 0 Å². The molecule has 0 aliphatic carbocycles. The van der Waals surface area contributed by atoms with Crippen LogP contribution in [0.1, 0.15) is 5.56 Å². The maximum atomic E-state index is 10.6. The third kappa shape index (κ3) is 3.87. The smallest absolute Gasteiger partial charge is 0.323 e. The fraction of sp³-hybridized carbons (Fsp3) is 0.300. The number of aliphatic carboxylic acids is 1. The van der Waals surface area contributed by atoms with Crippen LogP contribution in [0.4, 0.5) is 0 Å². The average molecular weight is 230 g/mol. The third-order valence-corrected chi connectivity index (χ3v) is 2.20.